The molecular weight excluding hydrogens is 378 g/mol. The van der Waals surface area contributed by atoms with Crippen LogP contribution in [0.4, 0.5) is 0 Å². The molecule has 3 heterocycles. The first kappa shape index (κ1) is 16.1. The van der Waals surface area contributed by atoms with Crippen LogP contribution in [-0.4, -0.2) is 10.3 Å². The van der Waals surface area contributed by atoms with Gasteiger partial charge in [-0.15, -0.1) is 34.0 Å². The highest BCUT2D eigenvalue weighted by Crippen LogP contribution is 2.72. The van der Waals surface area contributed by atoms with Crippen LogP contribution in [-0.2, 0) is 0 Å². The Hall–Kier alpha value is 0.210. The van der Waals surface area contributed by atoms with Crippen molar-refractivity contribution in [3.8, 4) is 0 Å². The van der Waals surface area contributed by atoms with Crippen molar-refractivity contribution in [1.82, 2.24) is 0 Å². The van der Waals surface area contributed by atoms with Crippen LogP contribution in [0.1, 0.15) is 6.92 Å². The molecule has 0 spiro atoms. The van der Waals surface area contributed by atoms with E-state index in [1.54, 1.807) is 34.0 Å². The van der Waals surface area contributed by atoms with Crippen molar-refractivity contribution in [3.63, 3.8) is 0 Å². The van der Waals surface area contributed by atoms with Crippen molar-refractivity contribution in [3.05, 3.63) is 52.5 Å². The highest BCUT2D eigenvalue weighted by Gasteiger charge is 2.50. The van der Waals surface area contributed by atoms with Gasteiger partial charge < -0.3 is 0 Å². The van der Waals surface area contributed by atoms with E-state index in [1.807, 2.05) is 17.5 Å². The normalized spacial score (nSPS) is 16.0. The second-order valence-corrected chi connectivity index (χ2v) is 15.1. The molecule has 7 heteroatoms. The number of hydrogen-bond donors (Lipinski definition) is 1. The van der Waals surface area contributed by atoms with Crippen molar-refractivity contribution in [1.29, 1.82) is 0 Å². The van der Waals surface area contributed by atoms with Gasteiger partial charge in [0.15, 0.2) is 4.62 Å². The SMILES string of the molecule is CC(P(c1cccs1)c1cccs1)[P+](O)(Cl)c1cccs1. The molecule has 2 unspecified atom stereocenters. The van der Waals surface area contributed by atoms with E-state index in [-0.39, 0.29) is 5.40 Å². The zero-order chi connectivity index (χ0) is 14.9. The summed E-state index contributed by atoms with van der Waals surface area (Å²) in [6.45, 7) is -0.541. The molecule has 3 rings (SSSR count). The highest BCUT2D eigenvalue weighted by molar-refractivity contribution is 8.10. The van der Waals surface area contributed by atoms with E-state index in [2.05, 4.69) is 41.9 Å². The summed E-state index contributed by atoms with van der Waals surface area (Å²) < 4.78 is 3.59. The van der Waals surface area contributed by atoms with Crippen molar-refractivity contribution >= 4 is 73.9 Å². The van der Waals surface area contributed by atoms with Crippen molar-refractivity contribution in [2.45, 2.75) is 12.3 Å². The predicted octanol–water partition coefficient (Wildman–Crippen LogP) is 5.05. The van der Waals surface area contributed by atoms with Crippen molar-refractivity contribution in [2.24, 2.45) is 0 Å². The van der Waals surface area contributed by atoms with Crippen LogP contribution >= 0.6 is 60.0 Å². The summed E-state index contributed by atoms with van der Waals surface area (Å²) in [5.41, 5.74) is 0. The number of rotatable bonds is 5. The third-order valence-corrected chi connectivity index (χ3v) is 15.7. The molecule has 1 nitrogen and oxygen atoms in total. The Balaban J connectivity index is 2.01. The van der Waals surface area contributed by atoms with Crippen LogP contribution in [0.15, 0.2) is 52.5 Å². The molecule has 21 heavy (non-hydrogen) atoms. The van der Waals surface area contributed by atoms with Crippen LogP contribution in [0, 0.1) is 0 Å². The molecule has 1 N–H and O–H groups in total. The zero-order valence-electron chi connectivity index (χ0n) is 11.2. The quantitative estimate of drug-likeness (QED) is 0.603. The lowest BCUT2D eigenvalue weighted by Crippen LogP contribution is -2.21. The molecule has 2 atom stereocenters. The van der Waals surface area contributed by atoms with E-state index < -0.39 is 14.8 Å². The Kier molecular flexibility index (Phi) is 5.18. The van der Waals surface area contributed by atoms with Gasteiger partial charge in [0.05, 0.1) is 0 Å². The first-order chi connectivity index (χ1) is 10.1. The lowest BCUT2D eigenvalue weighted by Gasteiger charge is -2.24. The standard InChI is InChI=1S/C14H14ClOP2S3/c1-11(18(15,16)14-7-4-10-21-14)17(12-5-2-8-19-12)13-6-3-9-20-13/h2-11,16H,1H3/q+1. The third-order valence-electron chi connectivity index (χ3n) is 3.17. The van der Waals surface area contributed by atoms with E-state index >= 15 is 0 Å². The minimum Gasteiger partial charge on any atom is -0.226 e. The summed E-state index contributed by atoms with van der Waals surface area (Å²) in [5.74, 6) is 0. The maximum atomic E-state index is 11.0. The van der Waals surface area contributed by atoms with E-state index in [1.165, 1.54) is 9.24 Å². The Morgan fingerprint density at radius 3 is 1.95 bits per heavy atom. The lowest BCUT2D eigenvalue weighted by atomic mass is 10.7. The van der Waals surface area contributed by atoms with E-state index in [0.717, 1.165) is 4.62 Å². The fourth-order valence-electron chi connectivity index (χ4n) is 2.08. The van der Waals surface area contributed by atoms with Gasteiger partial charge in [0, 0.05) is 17.2 Å². The van der Waals surface area contributed by atoms with Gasteiger partial charge in [0.1, 0.15) is 16.6 Å². The summed E-state index contributed by atoms with van der Waals surface area (Å²) in [5, 5.41) is 6.22. The first-order valence-electron chi connectivity index (χ1n) is 6.32. The van der Waals surface area contributed by atoms with Gasteiger partial charge in [0.25, 0.3) is 6.84 Å². The lowest BCUT2D eigenvalue weighted by molar-refractivity contribution is 0.626. The molecule has 0 aromatic carbocycles. The summed E-state index contributed by atoms with van der Waals surface area (Å²) >= 11 is 11.8. The van der Waals surface area contributed by atoms with Gasteiger partial charge in [-0.1, -0.05) is 12.1 Å². The van der Waals surface area contributed by atoms with Crippen LogP contribution in [0.3, 0.4) is 0 Å². The second kappa shape index (κ2) is 6.76. The van der Waals surface area contributed by atoms with Crippen LogP contribution in [0.25, 0.3) is 0 Å². The predicted molar refractivity (Wildman–Crippen MR) is 103 cm³/mol. The fourth-order valence-corrected chi connectivity index (χ4v) is 14.1. The molecule has 0 aliphatic carbocycles. The molecule has 3 aromatic heterocycles. The van der Waals surface area contributed by atoms with Crippen LogP contribution in [0.2, 0.25) is 0 Å². The van der Waals surface area contributed by atoms with Gasteiger partial charge in [-0.3, -0.25) is 0 Å². The summed E-state index contributed by atoms with van der Waals surface area (Å²) in [4.78, 5) is 11.0. The summed E-state index contributed by atoms with van der Waals surface area (Å²) in [6, 6.07) is 12.4. The Bertz CT molecular complexity index is 631. The maximum absolute atomic E-state index is 11.0. The maximum Gasteiger partial charge on any atom is 0.289 e. The van der Waals surface area contributed by atoms with Crippen molar-refractivity contribution in [2.75, 3.05) is 0 Å². The molecule has 0 amide bonds. The highest BCUT2D eigenvalue weighted by atomic mass is 35.7. The monoisotopic (exact) mass is 391 g/mol. The molecule has 0 fully saturated rings. The molecule has 0 radical (unpaired) electrons. The molecule has 3 aromatic rings. The number of thiophene rings is 3. The van der Waals surface area contributed by atoms with Gasteiger partial charge in [-0.05, 0) is 47.3 Å². The van der Waals surface area contributed by atoms with Crippen molar-refractivity contribution < 1.29 is 4.89 Å². The second-order valence-electron chi connectivity index (χ2n) is 4.46. The summed E-state index contributed by atoms with van der Waals surface area (Å²) in [7, 11) is -0.620. The van der Waals surface area contributed by atoms with Crippen LogP contribution < -0.4 is 13.9 Å². The van der Waals surface area contributed by atoms with Crippen LogP contribution in [0.5, 0.6) is 0 Å². The first-order valence-corrected chi connectivity index (χ1v) is 13.1. The number of hydrogen-bond acceptors (Lipinski definition) is 4. The minimum absolute atomic E-state index is 0.0464. The largest absolute Gasteiger partial charge is 0.289 e. The Morgan fingerprint density at radius 1 is 1.00 bits per heavy atom. The topological polar surface area (TPSA) is 20.2 Å². The van der Waals surface area contributed by atoms with E-state index in [9.17, 15) is 4.89 Å². The molecule has 0 saturated carbocycles. The Morgan fingerprint density at radius 2 is 1.52 bits per heavy atom. The molecule has 0 aliphatic heterocycles. The smallest absolute Gasteiger partial charge is 0.226 e. The van der Waals surface area contributed by atoms with E-state index in [4.69, 9.17) is 11.2 Å². The fraction of sp³-hybridized carbons (Fsp3) is 0.143. The Labute approximate surface area is 143 Å². The average molecular weight is 392 g/mol. The zero-order valence-corrected chi connectivity index (χ0v) is 16.2. The minimum atomic E-state index is -2.64. The summed E-state index contributed by atoms with van der Waals surface area (Å²) in [6.07, 6.45) is 0. The molecule has 0 aliphatic rings. The molecule has 0 saturated heterocycles. The van der Waals surface area contributed by atoms with Gasteiger partial charge in [-0.25, -0.2) is 4.89 Å². The van der Waals surface area contributed by atoms with Gasteiger partial charge >= 0.3 is 0 Å². The van der Waals surface area contributed by atoms with Gasteiger partial charge in [0.2, 0.25) is 0 Å². The molecular formula is C14H14ClOP2S3+. The molecule has 110 valence electrons. The van der Waals surface area contributed by atoms with Gasteiger partial charge in [-0.2, -0.15) is 0 Å². The molecule has 0 bridgehead atoms. The average Bonchev–Trinajstić information content (AvgIpc) is 3.22. The number of halogens is 1. The third kappa shape index (κ3) is 3.28. The van der Waals surface area contributed by atoms with E-state index in [0.29, 0.717) is 0 Å².